The molecule has 0 radical (unpaired) electrons. The van der Waals surface area contributed by atoms with E-state index >= 15 is 0 Å². The molecular formula is C12H16FNO. The largest absolute Gasteiger partial charge is 0.488 e. The molecule has 0 unspecified atom stereocenters. The van der Waals surface area contributed by atoms with Crippen LogP contribution in [-0.2, 0) is 0 Å². The molecule has 1 aromatic carbocycles. The number of ether oxygens (including phenoxy) is 1. The summed E-state index contributed by atoms with van der Waals surface area (Å²) in [7, 11) is 0. The van der Waals surface area contributed by atoms with Gasteiger partial charge in [-0.15, -0.1) is 0 Å². The molecule has 1 heterocycles. The fourth-order valence-corrected chi connectivity index (χ4v) is 1.83. The van der Waals surface area contributed by atoms with Crippen molar-refractivity contribution in [2.75, 3.05) is 19.6 Å². The van der Waals surface area contributed by atoms with Gasteiger partial charge in [-0.25, -0.2) is 4.39 Å². The van der Waals surface area contributed by atoms with Crippen LogP contribution in [0.2, 0.25) is 0 Å². The molecule has 15 heavy (non-hydrogen) atoms. The predicted molar refractivity (Wildman–Crippen MR) is 57.5 cm³/mol. The first kappa shape index (κ1) is 10.4. The summed E-state index contributed by atoms with van der Waals surface area (Å²) < 4.78 is 18.5. The van der Waals surface area contributed by atoms with E-state index in [1.807, 2.05) is 0 Å². The average molecular weight is 209 g/mol. The molecular weight excluding hydrogens is 193 g/mol. The molecule has 0 bridgehead atoms. The third-order valence-corrected chi connectivity index (χ3v) is 2.56. The normalized spacial score (nSPS) is 17.5. The number of halogens is 1. The monoisotopic (exact) mass is 209 g/mol. The molecule has 82 valence electrons. The lowest BCUT2D eigenvalue weighted by atomic mass is 10.1. The van der Waals surface area contributed by atoms with Crippen LogP contribution < -0.4 is 4.74 Å². The number of nitrogens with zero attached hydrogens (tertiary/aromatic N) is 1. The lowest BCUT2D eigenvalue weighted by Gasteiger charge is -2.38. The van der Waals surface area contributed by atoms with Crippen molar-refractivity contribution >= 4 is 0 Å². The van der Waals surface area contributed by atoms with Gasteiger partial charge < -0.3 is 4.74 Å². The van der Waals surface area contributed by atoms with Crippen LogP contribution in [0.5, 0.6) is 5.75 Å². The molecule has 2 rings (SSSR count). The van der Waals surface area contributed by atoms with Crippen molar-refractivity contribution in [2.45, 2.75) is 19.4 Å². The first-order valence-corrected chi connectivity index (χ1v) is 5.42. The number of likely N-dealkylation sites (tertiary alicyclic amines) is 1. The maximum Gasteiger partial charge on any atom is 0.126 e. The van der Waals surface area contributed by atoms with E-state index in [0.717, 1.165) is 19.6 Å². The van der Waals surface area contributed by atoms with Gasteiger partial charge in [0.15, 0.2) is 0 Å². The Morgan fingerprint density at radius 2 is 2.27 bits per heavy atom. The molecule has 1 saturated heterocycles. The van der Waals surface area contributed by atoms with Gasteiger partial charge in [0.2, 0.25) is 0 Å². The Morgan fingerprint density at radius 1 is 1.47 bits per heavy atom. The van der Waals surface area contributed by atoms with Crippen molar-refractivity contribution in [1.82, 2.24) is 4.90 Å². The number of hydrogen-bond acceptors (Lipinski definition) is 2. The second-order valence-corrected chi connectivity index (χ2v) is 3.96. The van der Waals surface area contributed by atoms with Crippen LogP contribution >= 0.6 is 0 Å². The van der Waals surface area contributed by atoms with Gasteiger partial charge in [0, 0.05) is 19.2 Å². The highest BCUT2D eigenvalue weighted by Gasteiger charge is 2.27. The third-order valence-electron chi connectivity index (χ3n) is 2.56. The molecule has 2 nitrogen and oxygen atoms in total. The van der Waals surface area contributed by atoms with Gasteiger partial charge in [-0.05, 0) is 25.1 Å². The molecule has 3 heteroatoms. The van der Waals surface area contributed by atoms with E-state index < -0.39 is 0 Å². The van der Waals surface area contributed by atoms with Crippen LogP contribution in [0.3, 0.4) is 0 Å². The van der Waals surface area contributed by atoms with Gasteiger partial charge in [-0.1, -0.05) is 13.0 Å². The second-order valence-electron chi connectivity index (χ2n) is 3.96. The molecule has 1 aliphatic rings. The van der Waals surface area contributed by atoms with Crippen molar-refractivity contribution in [3.8, 4) is 5.75 Å². The van der Waals surface area contributed by atoms with Crippen LogP contribution in [0.4, 0.5) is 4.39 Å². The number of benzene rings is 1. The van der Waals surface area contributed by atoms with Crippen LogP contribution in [0.15, 0.2) is 24.3 Å². The van der Waals surface area contributed by atoms with Crippen molar-refractivity contribution in [3.63, 3.8) is 0 Å². The second kappa shape index (κ2) is 4.62. The summed E-state index contributed by atoms with van der Waals surface area (Å²) in [4.78, 5) is 2.34. The summed E-state index contributed by atoms with van der Waals surface area (Å²) in [6, 6.07) is 6.33. The summed E-state index contributed by atoms with van der Waals surface area (Å²) in [6.45, 7) is 5.22. The Labute approximate surface area is 89.7 Å². The van der Waals surface area contributed by atoms with Crippen molar-refractivity contribution in [2.24, 2.45) is 0 Å². The van der Waals surface area contributed by atoms with Crippen molar-refractivity contribution in [1.29, 1.82) is 0 Å². The Balaban J connectivity index is 1.80. The van der Waals surface area contributed by atoms with Gasteiger partial charge in [0.05, 0.1) is 0 Å². The Morgan fingerprint density at radius 3 is 2.93 bits per heavy atom. The Hall–Kier alpha value is -1.09. The van der Waals surface area contributed by atoms with Crippen LogP contribution in [0.25, 0.3) is 0 Å². The minimum Gasteiger partial charge on any atom is -0.488 e. The molecule has 1 aromatic rings. The van der Waals surface area contributed by atoms with Crippen LogP contribution in [-0.4, -0.2) is 30.6 Å². The molecule has 0 aliphatic carbocycles. The number of rotatable bonds is 4. The standard InChI is InChI=1S/C12H16FNO/c1-2-6-14-8-12(9-14)15-11-5-3-4-10(13)7-11/h3-5,7,12H,2,6,8-9H2,1H3. The summed E-state index contributed by atoms with van der Waals surface area (Å²) in [5, 5.41) is 0. The fourth-order valence-electron chi connectivity index (χ4n) is 1.83. The van der Waals surface area contributed by atoms with Crippen LogP contribution in [0, 0.1) is 5.82 Å². The quantitative estimate of drug-likeness (QED) is 0.754. The zero-order valence-electron chi connectivity index (χ0n) is 8.95. The van der Waals surface area contributed by atoms with Gasteiger partial charge in [-0.2, -0.15) is 0 Å². The van der Waals surface area contributed by atoms with Crippen LogP contribution in [0.1, 0.15) is 13.3 Å². The maximum atomic E-state index is 12.8. The summed E-state index contributed by atoms with van der Waals surface area (Å²) in [6.07, 6.45) is 1.41. The predicted octanol–water partition coefficient (Wildman–Crippen LogP) is 2.30. The van der Waals surface area contributed by atoms with E-state index in [-0.39, 0.29) is 11.9 Å². The molecule has 0 spiro atoms. The number of hydrogen-bond donors (Lipinski definition) is 0. The summed E-state index contributed by atoms with van der Waals surface area (Å²) in [5.41, 5.74) is 0. The fraction of sp³-hybridized carbons (Fsp3) is 0.500. The van der Waals surface area contributed by atoms with E-state index in [2.05, 4.69) is 11.8 Å². The van der Waals surface area contributed by atoms with E-state index in [4.69, 9.17) is 4.74 Å². The molecule has 0 amide bonds. The molecule has 1 aliphatic heterocycles. The van der Waals surface area contributed by atoms with Gasteiger partial charge >= 0.3 is 0 Å². The smallest absolute Gasteiger partial charge is 0.126 e. The zero-order valence-corrected chi connectivity index (χ0v) is 8.95. The van der Waals surface area contributed by atoms with Gasteiger partial charge in [0.1, 0.15) is 17.7 Å². The van der Waals surface area contributed by atoms with E-state index in [1.54, 1.807) is 12.1 Å². The van der Waals surface area contributed by atoms with Gasteiger partial charge in [-0.3, -0.25) is 4.90 Å². The summed E-state index contributed by atoms with van der Waals surface area (Å²) >= 11 is 0. The van der Waals surface area contributed by atoms with Crippen molar-refractivity contribution < 1.29 is 9.13 Å². The topological polar surface area (TPSA) is 12.5 Å². The van der Waals surface area contributed by atoms with Gasteiger partial charge in [0.25, 0.3) is 0 Å². The third kappa shape index (κ3) is 2.69. The van der Waals surface area contributed by atoms with Crippen molar-refractivity contribution in [3.05, 3.63) is 30.1 Å². The Bertz CT molecular complexity index is 323. The molecule has 0 saturated carbocycles. The molecule has 0 N–H and O–H groups in total. The molecule has 0 atom stereocenters. The first-order chi connectivity index (χ1) is 7.28. The average Bonchev–Trinajstić information content (AvgIpc) is 2.15. The summed E-state index contributed by atoms with van der Waals surface area (Å²) in [5.74, 6) is 0.397. The first-order valence-electron chi connectivity index (χ1n) is 5.42. The minimum absolute atomic E-state index is 0.235. The lowest BCUT2D eigenvalue weighted by molar-refractivity contribution is 0.0201. The van der Waals surface area contributed by atoms with E-state index in [0.29, 0.717) is 5.75 Å². The van der Waals surface area contributed by atoms with E-state index in [9.17, 15) is 4.39 Å². The molecule has 0 aromatic heterocycles. The molecule has 1 fully saturated rings. The minimum atomic E-state index is -0.239. The highest BCUT2D eigenvalue weighted by molar-refractivity contribution is 5.23. The Kier molecular flexibility index (Phi) is 3.21. The SMILES string of the molecule is CCCN1CC(Oc2cccc(F)c2)C1. The van der Waals surface area contributed by atoms with E-state index in [1.165, 1.54) is 18.6 Å². The highest BCUT2D eigenvalue weighted by Crippen LogP contribution is 2.18. The maximum absolute atomic E-state index is 12.8. The lowest BCUT2D eigenvalue weighted by Crippen LogP contribution is -2.53. The zero-order chi connectivity index (χ0) is 10.7. The highest BCUT2D eigenvalue weighted by atomic mass is 19.1.